The Balaban J connectivity index is 1.52. The van der Waals surface area contributed by atoms with Gasteiger partial charge in [0.05, 0.1) is 12.8 Å². The van der Waals surface area contributed by atoms with E-state index in [4.69, 9.17) is 16.3 Å². The number of H-pyrrole nitrogens is 1. The molecule has 0 radical (unpaired) electrons. The molecule has 2 atom stereocenters. The average molecular weight is 496 g/mol. The predicted molar refractivity (Wildman–Crippen MR) is 146 cm³/mol. The Morgan fingerprint density at radius 1 is 1.06 bits per heavy atom. The summed E-state index contributed by atoms with van der Waals surface area (Å²) in [5.74, 6) is 1.37. The molecule has 1 aliphatic rings. The summed E-state index contributed by atoms with van der Waals surface area (Å²) in [6.07, 6.45) is 0.679. The summed E-state index contributed by atoms with van der Waals surface area (Å²) in [7, 11) is 1.64. The molecule has 6 rings (SSSR count). The molecule has 4 nitrogen and oxygen atoms in total. The van der Waals surface area contributed by atoms with Crippen LogP contribution in [0, 0.1) is 6.92 Å². The van der Waals surface area contributed by atoms with Crippen molar-refractivity contribution in [3.8, 4) is 22.6 Å². The Morgan fingerprint density at radius 2 is 1.86 bits per heavy atom. The van der Waals surface area contributed by atoms with Crippen LogP contribution in [0.4, 0.5) is 0 Å². The number of hydrogen-bond acceptors (Lipinski definition) is 3. The zero-order chi connectivity index (χ0) is 25.0. The van der Waals surface area contributed by atoms with Crippen molar-refractivity contribution in [1.82, 2.24) is 4.98 Å². The van der Waals surface area contributed by atoms with Gasteiger partial charge < -0.3 is 14.8 Å². The van der Waals surface area contributed by atoms with E-state index in [9.17, 15) is 9.90 Å². The third-order valence-corrected chi connectivity index (χ3v) is 7.90. The highest BCUT2D eigenvalue weighted by Gasteiger charge is 2.37. The van der Waals surface area contributed by atoms with Crippen molar-refractivity contribution >= 4 is 39.1 Å². The van der Waals surface area contributed by atoms with E-state index in [2.05, 4.69) is 23.2 Å². The van der Waals surface area contributed by atoms with E-state index in [1.165, 1.54) is 5.56 Å². The molecule has 0 saturated heterocycles. The number of ketones is 1. The van der Waals surface area contributed by atoms with Crippen molar-refractivity contribution in [3.05, 3.63) is 95.2 Å². The van der Waals surface area contributed by atoms with Crippen molar-refractivity contribution in [2.45, 2.75) is 25.2 Å². The number of fused-ring (bicyclic) bond motifs is 4. The zero-order valence-electron chi connectivity index (χ0n) is 20.1. The van der Waals surface area contributed by atoms with Crippen LogP contribution < -0.4 is 4.74 Å². The molecule has 4 aromatic carbocycles. The standard InChI is InChI=1S/C31H26ClNO3/c1-17-11-18(7-10-29(17)34)24-15-25-26(13-20(16-32)30(25)23-6-4-3-5-22(23)24)31(35)28-14-19-12-21(36-2)8-9-27(19)33-28/h3-12,14-15,20,26,33-34H,13,16H2,1-2H3. The first-order chi connectivity index (χ1) is 17.5. The van der Waals surface area contributed by atoms with Crippen LogP contribution in [0.15, 0.2) is 72.8 Å². The zero-order valence-corrected chi connectivity index (χ0v) is 20.9. The lowest BCUT2D eigenvalue weighted by Crippen LogP contribution is -2.11. The Hall–Kier alpha value is -3.76. The van der Waals surface area contributed by atoms with Crippen molar-refractivity contribution in [1.29, 1.82) is 0 Å². The Labute approximate surface area is 214 Å². The van der Waals surface area contributed by atoms with Gasteiger partial charge >= 0.3 is 0 Å². The summed E-state index contributed by atoms with van der Waals surface area (Å²) in [5.41, 5.74) is 6.61. The number of methoxy groups -OCH3 is 1. The average Bonchev–Trinajstić information content (AvgIpc) is 3.50. The highest BCUT2D eigenvalue weighted by Crippen LogP contribution is 2.49. The molecule has 0 aliphatic heterocycles. The number of halogens is 1. The minimum Gasteiger partial charge on any atom is -0.508 e. The van der Waals surface area contributed by atoms with Crippen LogP contribution in [0.5, 0.6) is 11.5 Å². The van der Waals surface area contributed by atoms with Crippen LogP contribution in [0.1, 0.15) is 45.4 Å². The predicted octanol–water partition coefficient (Wildman–Crippen LogP) is 7.70. The van der Waals surface area contributed by atoms with E-state index in [0.717, 1.165) is 49.7 Å². The number of nitrogens with one attached hydrogen (secondary N) is 1. The van der Waals surface area contributed by atoms with Gasteiger partial charge in [0.2, 0.25) is 0 Å². The summed E-state index contributed by atoms with van der Waals surface area (Å²) in [4.78, 5) is 17.3. The number of carbonyl (C=O) groups excluding carboxylic acids is 1. The number of aromatic hydroxyl groups is 1. The van der Waals surface area contributed by atoms with Crippen LogP contribution in [0.25, 0.3) is 32.8 Å². The fourth-order valence-corrected chi connectivity index (χ4v) is 5.98. The van der Waals surface area contributed by atoms with Crippen LogP contribution in [0.2, 0.25) is 0 Å². The Bertz CT molecular complexity index is 1650. The molecule has 0 bridgehead atoms. The molecule has 36 heavy (non-hydrogen) atoms. The molecule has 5 heteroatoms. The number of phenols is 1. The minimum atomic E-state index is -0.291. The van der Waals surface area contributed by atoms with E-state index in [-0.39, 0.29) is 23.4 Å². The van der Waals surface area contributed by atoms with Crippen molar-refractivity contribution < 1.29 is 14.6 Å². The van der Waals surface area contributed by atoms with Gasteiger partial charge in [0.1, 0.15) is 11.5 Å². The lowest BCUT2D eigenvalue weighted by Gasteiger charge is -2.17. The second kappa shape index (κ2) is 8.72. The molecule has 0 fully saturated rings. The van der Waals surface area contributed by atoms with Crippen molar-refractivity contribution in [2.75, 3.05) is 13.0 Å². The SMILES string of the molecule is COc1ccc2[nH]c(C(=O)C3CC(CCl)c4c3cc(-c3ccc(O)c(C)c3)c3ccccc43)cc2c1. The van der Waals surface area contributed by atoms with Crippen LogP contribution >= 0.6 is 11.6 Å². The summed E-state index contributed by atoms with van der Waals surface area (Å²) in [6.45, 7) is 1.90. The van der Waals surface area contributed by atoms with Crippen LogP contribution in [-0.4, -0.2) is 28.9 Å². The molecule has 2 N–H and O–H groups in total. The van der Waals surface area contributed by atoms with Gasteiger partial charge in [-0.15, -0.1) is 11.6 Å². The summed E-state index contributed by atoms with van der Waals surface area (Å²) in [6, 6.07) is 23.9. The lowest BCUT2D eigenvalue weighted by molar-refractivity contribution is 0.0953. The molecule has 1 heterocycles. The Morgan fingerprint density at radius 3 is 2.61 bits per heavy atom. The van der Waals surface area contributed by atoms with E-state index >= 15 is 0 Å². The Kier molecular flexibility index (Phi) is 5.50. The first-order valence-corrected chi connectivity index (χ1v) is 12.6. The fourth-order valence-electron chi connectivity index (χ4n) is 5.70. The highest BCUT2D eigenvalue weighted by molar-refractivity contribution is 6.19. The second-order valence-electron chi connectivity index (χ2n) is 9.61. The molecule has 180 valence electrons. The van der Waals surface area contributed by atoms with Crippen LogP contribution in [-0.2, 0) is 0 Å². The third kappa shape index (κ3) is 3.56. The summed E-state index contributed by atoms with van der Waals surface area (Å²) >= 11 is 6.48. The first-order valence-electron chi connectivity index (χ1n) is 12.1. The number of aromatic amines is 1. The smallest absolute Gasteiger partial charge is 0.186 e. The number of alkyl halides is 1. The maximum Gasteiger partial charge on any atom is 0.186 e. The quantitative estimate of drug-likeness (QED) is 0.194. The van der Waals surface area contributed by atoms with Gasteiger partial charge in [-0.3, -0.25) is 4.79 Å². The van der Waals surface area contributed by atoms with E-state index < -0.39 is 0 Å². The van der Waals surface area contributed by atoms with E-state index in [0.29, 0.717) is 18.0 Å². The number of hydrogen-bond donors (Lipinski definition) is 2. The third-order valence-electron chi connectivity index (χ3n) is 7.53. The first kappa shape index (κ1) is 22.7. The normalized spacial score (nSPS) is 17.0. The number of Topliss-reactive ketones (excluding diaryl/α,β-unsaturated/α-hetero) is 1. The molecule has 1 aliphatic carbocycles. The van der Waals surface area contributed by atoms with Gasteiger partial charge in [-0.25, -0.2) is 0 Å². The number of phenolic OH excluding ortho intramolecular Hbond substituents is 1. The van der Waals surface area contributed by atoms with E-state index in [1.54, 1.807) is 13.2 Å². The fraction of sp³-hybridized carbons (Fsp3) is 0.194. The topological polar surface area (TPSA) is 62.3 Å². The van der Waals surface area contributed by atoms with Crippen molar-refractivity contribution in [2.24, 2.45) is 0 Å². The van der Waals surface area contributed by atoms with Crippen molar-refractivity contribution in [3.63, 3.8) is 0 Å². The lowest BCUT2D eigenvalue weighted by atomic mass is 9.87. The summed E-state index contributed by atoms with van der Waals surface area (Å²) < 4.78 is 5.35. The molecule has 0 saturated carbocycles. The summed E-state index contributed by atoms with van der Waals surface area (Å²) in [5, 5.41) is 13.3. The number of rotatable bonds is 5. The number of benzene rings is 4. The number of ether oxygens (including phenoxy) is 1. The van der Waals surface area contributed by atoms with Gasteiger partial charge in [-0.05, 0) is 100 Å². The van der Waals surface area contributed by atoms with Gasteiger partial charge in [0.15, 0.2) is 5.78 Å². The molecular weight excluding hydrogens is 470 g/mol. The van der Waals surface area contributed by atoms with Gasteiger partial charge in [-0.2, -0.15) is 0 Å². The second-order valence-corrected chi connectivity index (χ2v) is 9.92. The number of aryl methyl sites for hydroxylation is 1. The number of aromatic nitrogens is 1. The molecular formula is C31H26ClNO3. The minimum absolute atomic E-state index is 0.0714. The largest absolute Gasteiger partial charge is 0.508 e. The van der Waals surface area contributed by atoms with Crippen LogP contribution in [0.3, 0.4) is 0 Å². The maximum absolute atomic E-state index is 13.9. The molecule has 5 aromatic rings. The molecule has 0 spiro atoms. The number of carbonyl (C=O) groups is 1. The monoisotopic (exact) mass is 495 g/mol. The molecule has 2 unspecified atom stereocenters. The highest BCUT2D eigenvalue weighted by atomic mass is 35.5. The van der Waals surface area contributed by atoms with Gasteiger partial charge in [0, 0.05) is 22.7 Å². The molecule has 1 aromatic heterocycles. The maximum atomic E-state index is 13.9. The van der Waals surface area contributed by atoms with Gasteiger partial charge in [0.25, 0.3) is 0 Å². The van der Waals surface area contributed by atoms with Gasteiger partial charge in [-0.1, -0.05) is 30.3 Å². The molecule has 0 amide bonds. The van der Waals surface area contributed by atoms with E-state index in [1.807, 2.05) is 55.5 Å².